The standard InChI is InChI=1S/C13H20ClN/c1-4-13(3,7-8-15)11-6-5-10(2)12(14)9-11/h5-6,9H,4,7-8,15H2,1-3H3. The fourth-order valence-electron chi connectivity index (χ4n) is 1.81. The normalized spacial score (nSPS) is 15.0. The van der Waals surface area contributed by atoms with Gasteiger partial charge in [-0.05, 0) is 48.9 Å². The Hall–Kier alpha value is -0.530. The van der Waals surface area contributed by atoms with E-state index in [0.717, 1.165) is 30.0 Å². The van der Waals surface area contributed by atoms with E-state index in [1.54, 1.807) is 0 Å². The van der Waals surface area contributed by atoms with Gasteiger partial charge in [0.05, 0.1) is 0 Å². The second-order valence-electron chi connectivity index (χ2n) is 4.42. The lowest BCUT2D eigenvalue weighted by Gasteiger charge is -2.28. The molecule has 1 rings (SSSR count). The van der Waals surface area contributed by atoms with E-state index in [1.165, 1.54) is 5.56 Å². The second-order valence-corrected chi connectivity index (χ2v) is 4.82. The molecule has 0 aliphatic carbocycles. The van der Waals surface area contributed by atoms with E-state index in [2.05, 4.69) is 32.0 Å². The molecule has 1 unspecified atom stereocenters. The van der Waals surface area contributed by atoms with E-state index in [4.69, 9.17) is 17.3 Å². The molecular formula is C13H20ClN. The number of rotatable bonds is 4. The number of hydrogen-bond acceptors (Lipinski definition) is 1. The van der Waals surface area contributed by atoms with Crippen molar-refractivity contribution < 1.29 is 0 Å². The third-order valence-corrected chi connectivity index (χ3v) is 3.75. The molecule has 0 radical (unpaired) electrons. The molecule has 84 valence electrons. The van der Waals surface area contributed by atoms with Crippen molar-refractivity contribution in [1.29, 1.82) is 0 Å². The summed E-state index contributed by atoms with van der Waals surface area (Å²) in [5.41, 5.74) is 8.25. The topological polar surface area (TPSA) is 26.0 Å². The molecule has 0 aromatic heterocycles. The Morgan fingerprint density at radius 3 is 2.53 bits per heavy atom. The molecule has 2 N–H and O–H groups in total. The highest BCUT2D eigenvalue weighted by molar-refractivity contribution is 6.31. The summed E-state index contributed by atoms with van der Waals surface area (Å²) in [6.07, 6.45) is 2.09. The molecule has 0 saturated heterocycles. The van der Waals surface area contributed by atoms with Gasteiger partial charge < -0.3 is 5.73 Å². The largest absolute Gasteiger partial charge is 0.330 e. The van der Waals surface area contributed by atoms with E-state index in [1.807, 2.05) is 6.92 Å². The van der Waals surface area contributed by atoms with Gasteiger partial charge in [-0.1, -0.05) is 37.6 Å². The quantitative estimate of drug-likeness (QED) is 0.832. The minimum Gasteiger partial charge on any atom is -0.330 e. The predicted octanol–water partition coefficient (Wildman–Crippen LogP) is 3.66. The summed E-state index contributed by atoms with van der Waals surface area (Å²) in [6.45, 7) is 7.19. The smallest absolute Gasteiger partial charge is 0.0438 e. The van der Waals surface area contributed by atoms with E-state index in [9.17, 15) is 0 Å². The van der Waals surface area contributed by atoms with Crippen molar-refractivity contribution in [2.75, 3.05) is 6.54 Å². The first-order valence-electron chi connectivity index (χ1n) is 5.50. The lowest BCUT2D eigenvalue weighted by atomic mass is 9.77. The van der Waals surface area contributed by atoms with Gasteiger partial charge in [0.25, 0.3) is 0 Å². The van der Waals surface area contributed by atoms with Gasteiger partial charge in [-0.15, -0.1) is 0 Å². The molecule has 0 fully saturated rings. The molecule has 0 amide bonds. The van der Waals surface area contributed by atoms with Crippen molar-refractivity contribution in [3.63, 3.8) is 0 Å². The number of aryl methyl sites for hydroxylation is 1. The van der Waals surface area contributed by atoms with Gasteiger partial charge in [-0.25, -0.2) is 0 Å². The summed E-state index contributed by atoms with van der Waals surface area (Å²) in [7, 11) is 0. The zero-order chi connectivity index (χ0) is 11.5. The van der Waals surface area contributed by atoms with Crippen LogP contribution in [0.3, 0.4) is 0 Å². The third kappa shape index (κ3) is 2.73. The van der Waals surface area contributed by atoms with E-state index in [0.29, 0.717) is 0 Å². The summed E-state index contributed by atoms with van der Waals surface area (Å²) in [6, 6.07) is 6.33. The maximum Gasteiger partial charge on any atom is 0.0438 e. The molecule has 0 bridgehead atoms. The zero-order valence-corrected chi connectivity index (χ0v) is 10.6. The maximum atomic E-state index is 6.15. The Morgan fingerprint density at radius 1 is 1.40 bits per heavy atom. The molecule has 1 atom stereocenters. The van der Waals surface area contributed by atoms with Crippen LogP contribution in [-0.4, -0.2) is 6.54 Å². The molecule has 1 aromatic carbocycles. The molecule has 15 heavy (non-hydrogen) atoms. The van der Waals surface area contributed by atoms with E-state index in [-0.39, 0.29) is 5.41 Å². The molecule has 0 aliphatic rings. The number of nitrogens with two attached hydrogens (primary N) is 1. The fraction of sp³-hybridized carbons (Fsp3) is 0.538. The average Bonchev–Trinajstić information content (AvgIpc) is 2.22. The van der Waals surface area contributed by atoms with Gasteiger partial charge in [0.1, 0.15) is 0 Å². The molecule has 2 heteroatoms. The van der Waals surface area contributed by atoms with Crippen LogP contribution in [0.25, 0.3) is 0 Å². The van der Waals surface area contributed by atoms with E-state index >= 15 is 0 Å². The van der Waals surface area contributed by atoms with Crippen LogP contribution in [0.1, 0.15) is 37.8 Å². The van der Waals surface area contributed by atoms with Crippen molar-refractivity contribution in [3.05, 3.63) is 34.3 Å². The maximum absolute atomic E-state index is 6.15. The summed E-state index contributed by atoms with van der Waals surface area (Å²) >= 11 is 6.15. The van der Waals surface area contributed by atoms with Crippen molar-refractivity contribution in [2.45, 2.75) is 39.0 Å². The SMILES string of the molecule is CCC(C)(CCN)c1ccc(C)c(Cl)c1. The summed E-state index contributed by atoms with van der Waals surface area (Å²) in [5, 5.41) is 0.851. The predicted molar refractivity (Wildman–Crippen MR) is 67.5 cm³/mol. The molecule has 1 nitrogen and oxygen atoms in total. The molecular weight excluding hydrogens is 206 g/mol. The van der Waals surface area contributed by atoms with Crippen LogP contribution < -0.4 is 5.73 Å². The van der Waals surface area contributed by atoms with Crippen molar-refractivity contribution in [3.8, 4) is 0 Å². The van der Waals surface area contributed by atoms with Crippen LogP contribution in [0.4, 0.5) is 0 Å². The second kappa shape index (κ2) is 5.00. The number of hydrogen-bond donors (Lipinski definition) is 1. The number of halogens is 1. The lowest BCUT2D eigenvalue weighted by molar-refractivity contribution is 0.425. The number of benzene rings is 1. The monoisotopic (exact) mass is 225 g/mol. The van der Waals surface area contributed by atoms with Gasteiger partial charge in [0, 0.05) is 5.02 Å². The van der Waals surface area contributed by atoms with Crippen LogP contribution in [0.2, 0.25) is 5.02 Å². The van der Waals surface area contributed by atoms with Crippen LogP contribution in [-0.2, 0) is 5.41 Å². The highest BCUT2D eigenvalue weighted by atomic mass is 35.5. The fourth-order valence-corrected chi connectivity index (χ4v) is 1.99. The third-order valence-electron chi connectivity index (χ3n) is 3.35. The Morgan fingerprint density at radius 2 is 2.07 bits per heavy atom. The highest BCUT2D eigenvalue weighted by Gasteiger charge is 2.23. The average molecular weight is 226 g/mol. The summed E-state index contributed by atoms with van der Waals surface area (Å²) < 4.78 is 0. The summed E-state index contributed by atoms with van der Waals surface area (Å²) in [4.78, 5) is 0. The minimum absolute atomic E-state index is 0.159. The molecule has 0 saturated carbocycles. The Balaban J connectivity index is 3.07. The summed E-state index contributed by atoms with van der Waals surface area (Å²) in [5.74, 6) is 0. The van der Waals surface area contributed by atoms with Gasteiger partial charge in [-0.2, -0.15) is 0 Å². The van der Waals surface area contributed by atoms with Gasteiger partial charge in [0.15, 0.2) is 0 Å². The van der Waals surface area contributed by atoms with Gasteiger partial charge >= 0.3 is 0 Å². The minimum atomic E-state index is 0.159. The Labute approximate surface area is 97.6 Å². The lowest BCUT2D eigenvalue weighted by Crippen LogP contribution is -2.24. The highest BCUT2D eigenvalue weighted by Crippen LogP contribution is 2.32. The van der Waals surface area contributed by atoms with Crippen molar-refractivity contribution in [2.24, 2.45) is 5.73 Å². The zero-order valence-electron chi connectivity index (χ0n) is 9.81. The first kappa shape index (κ1) is 12.5. The molecule has 1 aromatic rings. The molecule has 0 spiro atoms. The Kier molecular flexibility index (Phi) is 4.18. The molecule has 0 aliphatic heterocycles. The first-order valence-corrected chi connectivity index (χ1v) is 5.88. The van der Waals surface area contributed by atoms with Crippen LogP contribution >= 0.6 is 11.6 Å². The van der Waals surface area contributed by atoms with Crippen LogP contribution in [0.15, 0.2) is 18.2 Å². The van der Waals surface area contributed by atoms with E-state index < -0.39 is 0 Å². The van der Waals surface area contributed by atoms with Crippen LogP contribution in [0.5, 0.6) is 0 Å². The van der Waals surface area contributed by atoms with Gasteiger partial charge in [0.2, 0.25) is 0 Å². The Bertz CT molecular complexity index is 335. The van der Waals surface area contributed by atoms with Gasteiger partial charge in [-0.3, -0.25) is 0 Å². The van der Waals surface area contributed by atoms with Crippen LogP contribution in [0, 0.1) is 6.92 Å². The van der Waals surface area contributed by atoms with Crippen molar-refractivity contribution in [1.82, 2.24) is 0 Å². The first-order chi connectivity index (χ1) is 7.03. The van der Waals surface area contributed by atoms with Crippen molar-refractivity contribution >= 4 is 11.6 Å². The molecule has 0 heterocycles.